The third kappa shape index (κ3) is 20.8. The quantitative estimate of drug-likeness (QED) is 0.0331. The Hall–Kier alpha value is -3.43. The highest BCUT2D eigenvalue weighted by molar-refractivity contribution is 5.74. The Morgan fingerprint density at radius 2 is 0.517 bits per heavy atom. The maximum atomic E-state index is 13.6. The third-order valence-corrected chi connectivity index (χ3v) is 22.0. The smallest absolute Gasteiger partial charge is 0.217 e. The van der Waals surface area contributed by atoms with Gasteiger partial charge in [-0.3, -0.25) is 14.4 Å². The van der Waals surface area contributed by atoms with E-state index in [-0.39, 0.29) is 0 Å². The first kappa shape index (κ1) is 96.8. The first-order valence-electron chi connectivity index (χ1n) is 37.9. The average molecular weight is 1730 g/mol. The van der Waals surface area contributed by atoms with Crippen molar-refractivity contribution in [3.8, 4) is 0 Å². The highest BCUT2D eigenvalue weighted by atomic mass is 16.8. The normalized spacial score (nSPS) is 51.1. The van der Waals surface area contributed by atoms with Crippen LogP contribution in [0.3, 0.4) is 0 Å². The van der Waals surface area contributed by atoms with Gasteiger partial charge in [-0.15, -0.1) is 0 Å². The van der Waals surface area contributed by atoms with Crippen molar-refractivity contribution in [2.45, 2.75) is 341 Å². The summed E-state index contributed by atoms with van der Waals surface area (Å²) in [5, 5.41) is 307. The molecule has 0 aromatic carbocycles. The first-order chi connectivity index (χ1) is 55.8. The van der Waals surface area contributed by atoms with E-state index >= 15 is 0 Å². The van der Waals surface area contributed by atoms with Crippen LogP contribution in [0.25, 0.3) is 0 Å². The summed E-state index contributed by atoms with van der Waals surface area (Å²) in [5.74, 6) is -2.94. The summed E-state index contributed by atoms with van der Waals surface area (Å²) in [5.41, 5.74) is 0. The molecule has 0 aliphatic carbocycles. The molecule has 0 aromatic heterocycles. The molecule has 0 saturated carbocycles. The second kappa shape index (κ2) is 41.8. The number of hydrogen-bond acceptors (Lipinski definition) is 49. The molecule has 1 unspecified atom stereocenters. The molecule has 10 saturated heterocycles. The van der Waals surface area contributed by atoms with E-state index in [9.17, 15) is 152 Å². The molecule has 0 radical (unpaired) electrons. The van der Waals surface area contributed by atoms with Crippen molar-refractivity contribution in [3.63, 3.8) is 0 Å². The summed E-state index contributed by atoms with van der Waals surface area (Å²) < 4.78 is 113. The molecule has 50 atom stereocenters. The number of aliphatic hydroxyl groups excluding tert-OH is 27. The minimum atomic E-state index is -2.49. The van der Waals surface area contributed by atoms with E-state index in [1.807, 2.05) is 0 Å². The van der Waals surface area contributed by atoms with E-state index < -0.39 is 377 Å². The van der Waals surface area contributed by atoms with Gasteiger partial charge in [-0.1, -0.05) is 0 Å². The summed E-state index contributed by atoms with van der Waals surface area (Å²) in [6.07, 6.45) is -96.9. The van der Waals surface area contributed by atoms with Crippen molar-refractivity contribution >= 4 is 17.7 Å². The molecule has 52 nitrogen and oxygen atoms in total. The summed E-state index contributed by atoms with van der Waals surface area (Å²) in [4.78, 5) is 39.9. The van der Waals surface area contributed by atoms with Crippen molar-refractivity contribution in [1.82, 2.24) is 16.0 Å². The molecular weight excluding hydrogens is 1620 g/mol. The van der Waals surface area contributed by atoms with Crippen LogP contribution in [-0.4, -0.2) is 515 Å². The van der Waals surface area contributed by atoms with Gasteiger partial charge in [0.05, 0.1) is 65.1 Å². The maximum Gasteiger partial charge on any atom is 0.217 e. The van der Waals surface area contributed by atoms with Crippen LogP contribution in [0.15, 0.2) is 0 Å². The van der Waals surface area contributed by atoms with Crippen LogP contribution in [0, 0.1) is 0 Å². The molecule has 30 N–H and O–H groups in total. The third-order valence-electron chi connectivity index (χ3n) is 22.0. The average Bonchev–Trinajstić information content (AvgIpc) is 0.763. The van der Waals surface area contributed by atoms with Crippen LogP contribution >= 0.6 is 0 Å². The van der Waals surface area contributed by atoms with Gasteiger partial charge in [-0.25, -0.2) is 0 Å². The minimum absolute atomic E-state index is 0.917. The second-order valence-corrected chi connectivity index (χ2v) is 30.2. The van der Waals surface area contributed by atoms with E-state index in [1.165, 1.54) is 13.8 Å². The van der Waals surface area contributed by atoms with Crippen molar-refractivity contribution in [3.05, 3.63) is 0 Å². The number of carbonyl (C=O) groups excluding carboxylic acids is 3. The van der Waals surface area contributed by atoms with Crippen molar-refractivity contribution in [2.75, 3.05) is 52.9 Å². The standard InChI is InChI=1S/C66H111N3O49/c1-14-30(80)38(88)44(94)61(101-14)115-53-29(69-18(5)79)58(109-25(12-76)50(53)112-64-47(97)54(36(86)23(10-74)107-64)116-59-27(67-16(3)77)51(34(84)21(8-72)104-59)113-63-46(96)40(90)32(82)19(6-70)106-63)100-13-26-37(87)55(48(98)65(110-26)111-49-24(11-75)103-57(99)43(93)42(49)92)117-60-28(68-17(4)78)52(35(85)22(9-73)105-60)114-66-56(41(91)33(83)20(7-71)108-66)118-62-45(95)39(89)31(81)15(2)102-62/h14-15,19-66,70-76,80-99H,6-13H2,1-5H3,(H,67,77)(H,68,78)(H,69,79)/t14-,15-,19+,20+,21+,22+,23+,24+,25+,26+,27+,28+,29+,30+,31+,32-,33-,34+,35+,36-,37-,38+,39+,40-,41-,42+,43+,44-,45-,46+,47+,48+,49+,50+,51+,52+,53+,54-,55-,56+,57?,58+,59-,60-,61-,62-,63-,64-,65-,66-/m0/s1. The fourth-order valence-electron chi connectivity index (χ4n) is 15.4. The van der Waals surface area contributed by atoms with Crippen molar-refractivity contribution in [1.29, 1.82) is 0 Å². The second-order valence-electron chi connectivity index (χ2n) is 30.2. The molecule has 0 bridgehead atoms. The van der Waals surface area contributed by atoms with Gasteiger partial charge in [0.15, 0.2) is 62.9 Å². The number of nitrogens with one attached hydrogen (secondary N) is 3. The summed E-state index contributed by atoms with van der Waals surface area (Å²) >= 11 is 0. The molecule has 10 rings (SSSR count). The van der Waals surface area contributed by atoms with E-state index in [2.05, 4.69) is 16.0 Å². The number of ether oxygens (including phenoxy) is 19. The van der Waals surface area contributed by atoms with Crippen LogP contribution in [-0.2, 0) is 104 Å². The molecule has 0 spiro atoms. The Balaban J connectivity index is 0.976. The predicted octanol–water partition coefficient (Wildman–Crippen LogP) is -20.3. The van der Waals surface area contributed by atoms with Crippen LogP contribution in [0.1, 0.15) is 34.6 Å². The lowest BCUT2D eigenvalue weighted by Gasteiger charge is -2.52. The predicted molar refractivity (Wildman–Crippen MR) is 362 cm³/mol. The molecule has 0 aromatic rings. The molecule has 10 fully saturated rings. The number of aliphatic hydroxyl groups is 27. The molecule has 52 heteroatoms. The number of rotatable bonds is 29. The van der Waals surface area contributed by atoms with Crippen LogP contribution in [0.2, 0.25) is 0 Å². The van der Waals surface area contributed by atoms with E-state index in [0.717, 1.165) is 20.8 Å². The lowest BCUT2D eigenvalue weighted by atomic mass is 9.93. The lowest BCUT2D eigenvalue weighted by Crippen LogP contribution is -2.71. The number of amides is 3. The summed E-state index contributed by atoms with van der Waals surface area (Å²) in [6, 6.07) is -5.91. The van der Waals surface area contributed by atoms with E-state index in [1.54, 1.807) is 0 Å². The molecule has 3 amide bonds. The Morgan fingerprint density at radius 3 is 0.949 bits per heavy atom. The molecule has 118 heavy (non-hydrogen) atoms. The summed E-state index contributed by atoms with van der Waals surface area (Å²) in [6.45, 7) is -3.75. The highest BCUT2D eigenvalue weighted by Gasteiger charge is 2.62. The zero-order chi connectivity index (χ0) is 86.8. The molecule has 10 aliphatic heterocycles. The summed E-state index contributed by atoms with van der Waals surface area (Å²) in [7, 11) is 0. The largest absolute Gasteiger partial charge is 0.394 e. The van der Waals surface area contributed by atoms with Crippen molar-refractivity contribution < 1.29 is 242 Å². The Bertz CT molecular complexity index is 3140. The maximum absolute atomic E-state index is 13.6. The van der Waals surface area contributed by atoms with Gasteiger partial charge in [0.2, 0.25) is 17.7 Å². The number of carbonyl (C=O) groups is 3. The topological polar surface area (TPSA) is 809 Å². The van der Waals surface area contributed by atoms with E-state index in [0.29, 0.717) is 0 Å². The van der Waals surface area contributed by atoms with E-state index in [4.69, 9.17) is 90.0 Å². The minimum Gasteiger partial charge on any atom is -0.394 e. The van der Waals surface area contributed by atoms with Gasteiger partial charge in [-0.2, -0.15) is 0 Å². The van der Waals surface area contributed by atoms with Gasteiger partial charge in [0.1, 0.15) is 232 Å². The van der Waals surface area contributed by atoms with Gasteiger partial charge < -0.3 is 244 Å². The lowest BCUT2D eigenvalue weighted by molar-refractivity contribution is -0.394. The van der Waals surface area contributed by atoms with Crippen LogP contribution < -0.4 is 16.0 Å². The van der Waals surface area contributed by atoms with Crippen LogP contribution in [0.5, 0.6) is 0 Å². The fourth-order valence-corrected chi connectivity index (χ4v) is 15.4. The van der Waals surface area contributed by atoms with Gasteiger partial charge >= 0.3 is 0 Å². The molecule has 684 valence electrons. The molecule has 10 aliphatic rings. The SMILES string of the molecule is CC(=O)N[C@H]1[C@H](OC[C@H]2O[C@@H](O[C@H]3[C@H](O)[C@@H](O)C(O)O[C@@H]3CO)[C@H](O)[C@@H](O[C@@H]3O[C@H](CO)[C@@H](O)[C@H](O[C@@H]4O[C@H](CO)[C@H](O)[C@H](O)[C@H]4O[C@@H]4O[C@@H](C)[C@@H](O)[C@@H](O)[C@@H]4O)[C@H]3NC(C)=O)[C@H]2O)O[C@H](CO)[C@@H](O[C@@H]2O[C@H](CO)[C@H](O)[C@H](O[C@@H]3O[C@H](CO)[C@@H](O)[C@H](O[C@@H]4O[C@H](CO)[C@H](O)[C@H](O)[C@H]4O)[C@H]3NC(C)=O)[C@H]2O)[C@@H]1O[C@@H]1O[C@@H](C)[C@@H](O)[C@@H](O)[C@@H]1O. The Kier molecular flexibility index (Phi) is 34.3. The monoisotopic (exact) mass is 1730 g/mol. The van der Waals surface area contributed by atoms with Gasteiger partial charge in [0.25, 0.3) is 0 Å². The number of hydrogen-bond donors (Lipinski definition) is 30. The fraction of sp³-hybridized carbons (Fsp3) is 0.955. The first-order valence-corrected chi connectivity index (χ1v) is 37.9. The van der Waals surface area contributed by atoms with Crippen LogP contribution in [0.4, 0.5) is 0 Å². The molecule has 10 heterocycles. The van der Waals surface area contributed by atoms with Gasteiger partial charge in [0, 0.05) is 20.8 Å². The van der Waals surface area contributed by atoms with Crippen molar-refractivity contribution in [2.24, 2.45) is 0 Å². The zero-order valence-electron chi connectivity index (χ0n) is 63.6. The Morgan fingerprint density at radius 1 is 0.237 bits per heavy atom. The molecular formula is C66H111N3O49. The zero-order valence-corrected chi connectivity index (χ0v) is 63.6. The van der Waals surface area contributed by atoms with Gasteiger partial charge in [-0.05, 0) is 13.8 Å². The highest BCUT2D eigenvalue weighted by Crippen LogP contribution is 2.41. The Labute approximate surface area is 668 Å².